The highest BCUT2D eigenvalue weighted by molar-refractivity contribution is 6.29. The fraction of sp³-hybridized carbons (Fsp3) is 1.00. The summed E-state index contributed by atoms with van der Waals surface area (Å²) in [6.07, 6.45) is 1.14. The molecule has 0 aromatic rings. The van der Waals surface area contributed by atoms with E-state index in [1.807, 2.05) is 0 Å². The zero-order valence-electron chi connectivity index (χ0n) is 5.90. The van der Waals surface area contributed by atoms with Crippen molar-refractivity contribution in [2.45, 2.75) is 32.7 Å². The molecule has 0 unspecified atom stereocenters. The van der Waals surface area contributed by atoms with Gasteiger partial charge in [-0.1, -0.05) is 20.8 Å². The standard InChI is InChI=1S/C6H14OSi/c1-4-5-7-8-6(2)3/h6H,4-5H2,1-3H3. The monoisotopic (exact) mass is 130 g/mol. The first-order valence-corrected chi connectivity index (χ1v) is 4.13. The highest BCUT2D eigenvalue weighted by Crippen LogP contribution is 1.96. The van der Waals surface area contributed by atoms with Crippen molar-refractivity contribution >= 4 is 9.76 Å². The van der Waals surface area contributed by atoms with E-state index in [2.05, 4.69) is 20.8 Å². The molecule has 1 nitrogen and oxygen atoms in total. The first-order chi connectivity index (χ1) is 3.77. The maximum atomic E-state index is 5.27. The van der Waals surface area contributed by atoms with Crippen LogP contribution in [-0.4, -0.2) is 16.4 Å². The van der Waals surface area contributed by atoms with Gasteiger partial charge in [0.2, 0.25) is 9.76 Å². The number of rotatable bonds is 4. The summed E-state index contributed by atoms with van der Waals surface area (Å²) in [5, 5.41) is 0. The lowest BCUT2D eigenvalue weighted by Crippen LogP contribution is -2.02. The molecule has 0 N–H and O–H groups in total. The van der Waals surface area contributed by atoms with Crippen molar-refractivity contribution in [2.75, 3.05) is 6.61 Å². The lowest BCUT2D eigenvalue weighted by atomic mass is 10.5. The van der Waals surface area contributed by atoms with Gasteiger partial charge in [0.05, 0.1) is 0 Å². The number of hydrogen-bond acceptors (Lipinski definition) is 1. The maximum absolute atomic E-state index is 5.27. The Kier molecular flexibility index (Phi) is 5.43. The zero-order valence-corrected chi connectivity index (χ0v) is 6.90. The lowest BCUT2D eigenvalue weighted by molar-refractivity contribution is 0.330. The molecule has 0 aliphatic carbocycles. The highest BCUT2D eigenvalue weighted by atomic mass is 28.2. The van der Waals surface area contributed by atoms with Crippen LogP contribution in [0.1, 0.15) is 27.2 Å². The summed E-state index contributed by atoms with van der Waals surface area (Å²) in [4.78, 5) is 0. The molecule has 0 atom stereocenters. The number of hydrogen-bond donors (Lipinski definition) is 0. The minimum Gasteiger partial charge on any atom is -0.417 e. The molecule has 0 rings (SSSR count). The smallest absolute Gasteiger partial charge is 0.232 e. The molecule has 0 heterocycles. The van der Waals surface area contributed by atoms with Crippen LogP contribution >= 0.6 is 0 Å². The van der Waals surface area contributed by atoms with Gasteiger partial charge in [0, 0.05) is 6.61 Å². The molecule has 0 aliphatic heterocycles. The molecule has 0 amide bonds. The predicted octanol–water partition coefficient (Wildman–Crippen LogP) is 1.86. The lowest BCUT2D eigenvalue weighted by Gasteiger charge is -2.00. The molecule has 2 heteroatoms. The summed E-state index contributed by atoms with van der Waals surface area (Å²) in [7, 11) is 0.695. The molecule has 2 radical (unpaired) electrons. The van der Waals surface area contributed by atoms with Crippen LogP contribution in [0.25, 0.3) is 0 Å². The Morgan fingerprint density at radius 1 is 1.50 bits per heavy atom. The van der Waals surface area contributed by atoms with Crippen LogP contribution in [0.3, 0.4) is 0 Å². The molecule has 8 heavy (non-hydrogen) atoms. The van der Waals surface area contributed by atoms with Crippen LogP contribution in [0.15, 0.2) is 0 Å². The van der Waals surface area contributed by atoms with Crippen molar-refractivity contribution in [3.63, 3.8) is 0 Å². The van der Waals surface area contributed by atoms with E-state index in [1.165, 1.54) is 0 Å². The van der Waals surface area contributed by atoms with Crippen LogP contribution in [0.4, 0.5) is 0 Å². The van der Waals surface area contributed by atoms with Crippen molar-refractivity contribution in [1.82, 2.24) is 0 Å². The van der Waals surface area contributed by atoms with Gasteiger partial charge in [-0.05, 0) is 12.0 Å². The predicted molar refractivity (Wildman–Crippen MR) is 37.1 cm³/mol. The molecule has 0 aliphatic rings. The van der Waals surface area contributed by atoms with Crippen molar-refractivity contribution in [2.24, 2.45) is 0 Å². The van der Waals surface area contributed by atoms with Gasteiger partial charge in [-0.3, -0.25) is 0 Å². The summed E-state index contributed by atoms with van der Waals surface area (Å²) >= 11 is 0. The Morgan fingerprint density at radius 2 is 2.12 bits per heavy atom. The molecule has 0 bridgehead atoms. The quantitative estimate of drug-likeness (QED) is 0.417. The van der Waals surface area contributed by atoms with Crippen molar-refractivity contribution < 1.29 is 4.43 Å². The molecular formula is C6H14OSi. The average molecular weight is 130 g/mol. The van der Waals surface area contributed by atoms with Gasteiger partial charge in [-0.25, -0.2) is 0 Å². The molecule has 48 valence electrons. The van der Waals surface area contributed by atoms with Crippen LogP contribution < -0.4 is 0 Å². The van der Waals surface area contributed by atoms with Crippen LogP contribution in [0, 0.1) is 0 Å². The maximum Gasteiger partial charge on any atom is 0.232 e. The Labute approximate surface area is 54.4 Å². The van der Waals surface area contributed by atoms with Gasteiger partial charge in [0.1, 0.15) is 0 Å². The summed E-state index contributed by atoms with van der Waals surface area (Å²) < 4.78 is 5.27. The summed E-state index contributed by atoms with van der Waals surface area (Å²) in [5.41, 5.74) is 0.710. The van der Waals surface area contributed by atoms with Crippen molar-refractivity contribution in [1.29, 1.82) is 0 Å². The molecular weight excluding hydrogens is 116 g/mol. The Balaban J connectivity index is 2.72. The first kappa shape index (κ1) is 8.18. The highest BCUT2D eigenvalue weighted by Gasteiger charge is 1.94. The van der Waals surface area contributed by atoms with Gasteiger partial charge >= 0.3 is 0 Å². The van der Waals surface area contributed by atoms with Crippen LogP contribution in [-0.2, 0) is 4.43 Å². The zero-order chi connectivity index (χ0) is 6.41. The SMILES string of the molecule is CCCO[Si]C(C)C. The van der Waals surface area contributed by atoms with Gasteiger partial charge in [0.15, 0.2) is 0 Å². The molecule has 0 saturated carbocycles. The van der Waals surface area contributed by atoms with E-state index < -0.39 is 0 Å². The van der Waals surface area contributed by atoms with E-state index >= 15 is 0 Å². The second kappa shape index (κ2) is 5.32. The van der Waals surface area contributed by atoms with E-state index in [0.717, 1.165) is 13.0 Å². The Bertz CT molecular complexity index is 45.8. The minimum absolute atomic E-state index is 0.695. The summed E-state index contributed by atoms with van der Waals surface area (Å²) in [5.74, 6) is 0. The van der Waals surface area contributed by atoms with Crippen molar-refractivity contribution in [3.05, 3.63) is 0 Å². The third-order valence-corrected chi connectivity index (χ3v) is 1.47. The minimum atomic E-state index is 0.695. The largest absolute Gasteiger partial charge is 0.417 e. The summed E-state index contributed by atoms with van der Waals surface area (Å²) in [6.45, 7) is 7.41. The normalized spacial score (nSPS) is 10.5. The topological polar surface area (TPSA) is 9.23 Å². The second-order valence-electron chi connectivity index (χ2n) is 2.12. The average Bonchev–Trinajstić information content (AvgIpc) is 1.66. The van der Waals surface area contributed by atoms with Gasteiger partial charge in [-0.15, -0.1) is 0 Å². The van der Waals surface area contributed by atoms with E-state index in [9.17, 15) is 0 Å². The van der Waals surface area contributed by atoms with E-state index in [1.54, 1.807) is 0 Å². The summed E-state index contributed by atoms with van der Waals surface area (Å²) in [6, 6.07) is 0. The van der Waals surface area contributed by atoms with Crippen LogP contribution in [0.5, 0.6) is 0 Å². The van der Waals surface area contributed by atoms with Gasteiger partial charge in [-0.2, -0.15) is 0 Å². The van der Waals surface area contributed by atoms with Gasteiger partial charge < -0.3 is 4.43 Å². The van der Waals surface area contributed by atoms with E-state index in [0.29, 0.717) is 15.3 Å². The first-order valence-electron chi connectivity index (χ1n) is 3.14. The van der Waals surface area contributed by atoms with Gasteiger partial charge in [0.25, 0.3) is 0 Å². The molecule has 0 saturated heterocycles. The molecule has 0 aromatic heterocycles. The Morgan fingerprint density at radius 3 is 2.50 bits per heavy atom. The second-order valence-corrected chi connectivity index (χ2v) is 3.80. The van der Waals surface area contributed by atoms with Crippen molar-refractivity contribution in [3.8, 4) is 0 Å². The molecule has 0 aromatic carbocycles. The fourth-order valence-corrected chi connectivity index (χ4v) is 0.983. The Hall–Kier alpha value is 0.177. The van der Waals surface area contributed by atoms with Crippen LogP contribution in [0.2, 0.25) is 5.54 Å². The molecule has 0 fully saturated rings. The van der Waals surface area contributed by atoms with E-state index in [4.69, 9.17) is 4.43 Å². The van der Waals surface area contributed by atoms with E-state index in [-0.39, 0.29) is 0 Å². The third-order valence-electron chi connectivity index (χ3n) is 0.625. The third kappa shape index (κ3) is 6.18. The fourth-order valence-electron chi connectivity index (χ4n) is 0.328. The molecule has 0 spiro atoms.